The maximum atomic E-state index is 12.6. The van der Waals surface area contributed by atoms with Crippen LogP contribution in [0.1, 0.15) is 19.4 Å². The fourth-order valence-electron chi connectivity index (χ4n) is 3.67. The van der Waals surface area contributed by atoms with Crippen molar-refractivity contribution in [1.29, 1.82) is 0 Å². The lowest BCUT2D eigenvalue weighted by molar-refractivity contribution is -0.155. The van der Waals surface area contributed by atoms with Gasteiger partial charge in [0.15, 0.2) is 6.61 Å². The van der Waals surface area contributed by atoms with Gasteiger partial charge in [0.2, 0.25) is 5.91 Å². The number of anilines is 1. The molecule has 1 aliphatic rings. The molecule has 2 amide bonds. The Labute approximate surface area is 189 Å². The summed E-state index contributed by atoms with van der Waals surface area (Å²) in [5, 5.41) is 2.75. The van der Waals surface area contributed by atoms with Crippen molar-refractivity contribution in [2.24, 2.45) is 5.92 Å². The highest BCUT2D eigenvalue weighted by molar-refractivity contribution is 5.87. The van der Waals surface area contributed by atoms with E-state index in [2.05, 4.69) is 22.3 Å². The molecule has 32 heavy (non-hydrogen) atoms. The van der Waals surface area contributed by atoms with Crippen LogP contribution in [0.5, 0.6) is 0 Å². The van der Waals surface area contributed by atoms with Gasteiger partial charge >= 0.3 is 5.97 Å². The topological polar surface area (TPSA) is 78.9 Å². The third-order valence-corrected chi connectivity index (χ3v) is 5.54. The van der Waals surface area contributed by atoms with Crippen LogP contribution in [0, 0.1) is 5.92 Å². The summed E-state index contributed by atoms with van der Waals surface area (Å²) in [6.45, 7) is 5.96. The van der Waals surface area contributed by atoms with Crippen LogP contribution in [0.25, 0.3) is 0 Å². The molecule has 0 unspecified atom stereocenters. The smallest absolute Gasteiger partial charge is 0.329 e. The monoisotopic (exact) mass is 437 g/mol. The van der Waals surface area contributed by atoms with Gasteiger partial charge in [0.05, 0.1) is 6.42 Å². The number of hydrogen-bond donors (Lipinski definition) is 1. The summed E-state index contributed by atoms with van der Waals surface area (Å²) in [7, 11) is 0. The zero-order chi connectivity index (χ0) is 22.9. The molecular formula is C25H31N3O4. The highest BCUT2D eigenvalue weighted by Crippen LogP contribution is 2.15. The number of hydrogen-bond acceptors (Lipinski definition) is 5. The SMILES string of the molecule is CC(C)[C@H](NC(=O)Cc1ccccc1)C(=O)OCC(=O)N1CCN(c2ccccc2)CC1. The van der Waals surface area contributed by atoms with Crippen molar-refractivity contribution < 1.29 is 19.1 Å². The molecule has 1 saturated heterocycles. The van der Waals surface area contributed by atoms with Crippen LogP contribution in [0.3, 0.4) is 0 Å². The molecule has 0 radical (unpaired) electrons. The van der Waals surface area contributed by atoms with Crippen molar-refractivity contribution in [2.75, 3.05) is 37.7 Å². The van der Waals surface area contributed by atoms with E-state index < -0.39 is 12.0 Å². The molecule has 0 saturated carbocycles. The predicted octanol–water partition coefficient (Wildman–Crippen LogP) is 2.26. The van der Waals surface area contributed by atoms with Crippen molar-refractivity contribution in [3.63, 3.8) is 0 Å². The molecule has 3 rings (SSSR count). The lowest BCUT2D eigenvalue weighted by atomic mass is 10.0. The molecule has 1 aliphatic heterocycles. The van der Waals surface area contributed by atoms with Crippen LogP contribution >= 0.6 is 0 Å². The van der Waals surface area contributed by atoms with E-state index in [4.69, 9.17) is 4.74 Å². The molecule has 1 N–H and O–H groups in total. The molecule has 7 nitrogen and oxygen atoms in total. The average molecular weight is 438 g/mol. The number of piperazine rings is 1. The number of rotatable bonds is 8. The van der Waals surface area contributed by atoms with Crippen molar-refractivity contribution in [1.82, 2.24) is 10.2 Å². The summed E-state index contributed by atoms with van der Waals surface area (Å²) in [6, 6.07) is 18.6. The first-order chi connectivity index (χ1) is 15.4. The van der Waals surface area contributed by atoms with Gasteiger partial charge in [-0.3, -0.25) is 9.59 Å². The lowest BCUT2D eigenvalue weighted by Crippen LogP contribution is -2.51. The number of nitrogens with zero attached hydrogens (tertiary/aromatic N) is 2. The minimum Gasteiger partial charge on any atom is -0.454 e. The second-order valence-corrected chi connectivity index (χ2v) is 8.26. The molecule has 0 spiro atoms. The molecule has 1 atom stereocenters. The Hall–Kier alpha value is -3.35. The number of para-hydroxylation sites is 1. The Morgan fingerprint density at radius 2 is 1.50 bits per heavy atom. The van der Waals surface area contributed by atoms with Crippen molar-refractivity contribution in [2.45, 2.75) is 26.3 Å². The molecule has 2 aromatic carbocycles. The molecule has 0 aromatic heterocycles. The van der Waals surface area contributed by atoms with Gasteiger partial charge in [-0.15, -0.1) is 0 Å². The minimum absolute atomic E-state index is 0.160. The van der Waals surface area contributed by atoms with Gasteiger partial charge in [-0.2, -0.15) is 0 Å². The van der Waals surface area contributed by atoms with Crippen molar-refractivity contribution in [3.05, 3.63) is 66.2 Å². The first-order valence-corrected chi connectivity index (χ1v) is 11.0. The Morgan fingerprint density at radius 3 is 2.09 bits per heavy atom. The van der Waals surface area contributed by atoms with E-state index in [0.717, 1.165) is 24.3 Å². The quantitative estimate of drug-likeness (QED) is 0.641. The number of esters is 1. The Balaban J connectivity index is 1.45. The van der Waals surface area contributed by atoms with E-state index in [0.29, 0.717) is 13.1 Å². The minimum atomic E-state index is -0.797. The van der Waals surface area contributed by atoms with Crippen LogP contribution in [-0.4, -0.2) is 61.5 Å². The number of carbonyl (C=O) groups excluding carboxylic acids is 3. The second kappa shape index (κ2) is 11.3. The van der Waals surface area contributed by atoms with E-state index in [-0.39, 0.29) is 30.8 Å². The van der Waals surface area contributed by atoms with Crippen LogP contribution < -0.4 is 10.2 Å². The molecular weight excluding hydrogens is 406 g/mol. The largest absolute Gasteiger partial charge is 0.454 e. The highest BCUT2D eigenvalue weighted by Gasteiger charge is 2.28. The summed E-state index contributed by atoms with van der Waals surface area (Å²) in [5.74, 6) is -1.22. The second-order valence-electron chi connectivity index (χ2n) is 8.26. The van der Waals surface area contributed by atoms with Gasteiger partial charge in [-0.05, 0) is 23.6 Å². The third-order valence-electron chi connectivity index (χ3n) is 5.54. The normalized spacial score (nSPS) is 14.7. The molecule has 7 heteroatoms. The van der Waals surface area contributed by atoms with E-state index in [1.54, 1.807) is 4.90 Å². The number of amides is 2. The van der Waals surface area contributed by atoms with Crippen LogP contribution in [-0.2, 0) is 25.5 Å². The van der Waals surface area contributed by atoms with E-state index in [9.17, 15) is 14.4 Å². The molecule has 170 valence electrons. The summed E-state index contributed by atoms with van der Waals surface area (Å²) < 4.78 is 5.28. The Morgan fingerprint density at radius 1 is 0.906 bits per heavy atom. The van der Waals surface area contributed by atoms with Crippen molar-refractivity contribution in [3.8, 4) is 0 Å². The first-order valence-electron chi connectivity index (χ1n) is 11.0. The van der Waals surface area contributed by atoms with Crippen LogP contribution in [0.15, 0.2) is 60.7 Å². The number of carbonyl (C=O) groups is 3. The van der Waals surface area contributed by atoms with Gasteiger partial charge in [0.25, 0.3) is 5.91 Å². The van der Waals surface area contributed by atoms with E-state index in [1.807, 2.05) is 62.4 Å². The summed E-state index contributed by atoms with van der Waals surface area (Å²) in [5.41, 5.74) is 2.00. The number of benzene rings is 2. The number of ether oxygens (including phenoxy) is 1. The zero-order valence-corrected chi connectivity index (χ0v) is 18.7. The van der Waals surface area contributed by atoms with Gasteiger partial charge in [0, 0.05) is 31.9 Å². The summed E-state index contributed by atoms with van der Waals surface area (Å²) >= 11 is 0. The predicted molar refractivity (Wildman–Crippen MR) is 123 cm³/mol. The molecule has 1 fully saturated rings. The van der Waals surface area contributed by atoms with Gasteiger partial charge in [-0.1, -0.05) is 62.4 Å². The average Bonchev–Trinajstić information content (AvgIpc) is 2.82. The lowest BCUT2D eigenvalue weighted by Gasteiger charge is -2.36. The van der Waals surface area contributed by atoms with Crippen molar-refractivity contribution >= 4 is 23.5 Å². The highest BCUT2D eigenvalue weighted by atomic mass is 16.5. The zero-order valence-electron chi connectivity index (χ0n) is 18.7. The summed E-state index contributed by atoms with van der Waals surface area (Å²) in [6.07, 6.45) is 0.183. The van der Waals surface area contributed by atoms with Crippen LogP contribution in [0.4, 0.5) is 5.69 Å². The Bertz CT molecular complexity index is 894. The standard InChI is InChI=1S/C25H31N3O4/c1-19(2)24(26-22(29)17-20-9-5-3-6-10-20)25(31)32-18-23(30)28-15-13-27(14-16-28)21-11-7-4-8-12-21/h3-12,19,24H,13-18H2,1-2H3,(H,26,29)/t24-/m0/s1. The maximum absolute atomic E-state index is 12.6. The fourth-order valence-corrected chi connectivity index (χ4v) is 3.67. The van der Waals surface area contributed by atoms with Crippen LogP contribution in [0.2, 0.25) is 0 Å². The first kappa shape index (κ1) is 23.3. The molecule has 0 bridgehead atoms. The van der Waals surface area contributed by atoms with Gasteiger partial charge < -0.3 is 19.9 Å². The van der Waals surface area contributed by atoms with Gasteiger partial charge in [0.1, 0.15) is 6.04 Å². The fraction of sp³-hybridized carbons (Fsp3) is 0.400. The Kier molecular flexibility index (Phi) is 8.25. The third kappa shape index (κ3) is 6.57. The van der Waals surface area contributed by atoms with E-state index >= 15 is 0 Å². The molecule has 2 aromatic rings. The summed E-state index contributed by atoms with van der Waals surface area (Å²) in [4.78, 5) is 41.4. The number of nitrogens with one attached hydrogen (secondary N) is 1. The van der Waals surface area contributed by atoms with Gasteiger partial charge in [-0.25, -0.2) is 4.79 Å². The molecule has 0 aliphatic carbocycles. The maximum Gasteiger partial charge on any atom is 0.329 e. The van der Waals surface area contributed by atoms with E-state index in [1.165, 1.54) is 0 Å². The molecule has 1 heterocycles.